The largest absolute Gasteiger partial charge is 0.381 e. The number of benzene rings is 1. The van der Waals surface area contributed by atoms with Crippen molar-refractivity contribution in [1.82, 2.24) is 0 Å². The fraction of sp³-hybridized carbons (Fsp3) is 0.538. The number of ether oxygens (including phenoxy) is 1. The second kappa shape index (κ2) is 5.69. The van der Waals surface area contributed by atoms with Crippen LogP contribution in [0.3, 0.4) is 0 Å². The summed E-state index contributed by atoms with van der Waals surface area (Å²) in [6, 6.07) is 9.07. The highest BCUT2D eigenvalue weighted by molar-refractivity contribution is 9.10. The highest BCUT2D eigenvalue weighted by atomic mass is 79.9. The molecule has 1 aliphatic rings. The topological polar surface area (TPSA) is 12.5 Å². The Labute approximate surface area is 106 Å². The average Bonchev–Trinajstić information content (AvgIpc) is 2.34. The first-order valence-electron chi connectivity index (χ1n) is 5.92. The average molecular weight is 284 g/mol. The molecule has 1 aliphatic heterocycles. The Morgan fingerprint density at radius 1 is 1.31 bits per heavy atom. The Morgan fingerprint density at radius 2 is 2.00 bits per heavy atom. The maximum atomic E-state index is 5.42. The maximum absolute atomic E-state index is 5.42. The third-order valence-electron chi connectivity index (χ3n) is 3.13. The first-order valence-corrected chi connectivity index (χ1v) is 6.71. The van der Waals surface area contributed by atoms with Crippen molar-refractivity contribution in [2.45, 2.75) is 25.8 Å². The van der Waals surface area contributed by atoms with E-state index in [0.29, 0.717) is 6.04 Å². The quantitative estimate of drug-likeness (QED) is 0.843. The van der Waals surface area contributed by atoms with Gasteiger partial charge in [-0.25, -0.2) is 0 Å². The lowest BCUT2D eigenvalue weighted by atomic mass is 10.1. The minimum Gasteiger partial charge on any atom is -0.381 e. The van der Waals surface area contributed by atoms with Crippen molar-refractivity contribution >= 4 is 21.6 Å². The predicted molar refractivity (Wildman–Crippen MR) is 71.0 cm³/mol. The maximum Gasteiger partial charge on any atom is 0.0513 e. The Kier molecular flexibility index (Phi) is 4.24. The molecule has 0 spiro atoms. The number of hydrogen-bond donors (Lipinski definition) is 0. The van der Waals surface area contributed by atoms with E-state index in [1.54, 1.807) is 0 Å². The van der Waals surface area contributed by atoms with Gasteiger partial charge in [0, 0.05) is 30.3 Å². The normalized spacial score (nSPS) is 17.4. The van der Waals surface area contributed by atoms with Crippen molar-refractivity contribution in [2.24, 2.45) is 0 Å². The Balaban J connectivity index is 2.18. The van der Waals surface area contributed by atoms with Gasteiger partial charge in [-0.3, -0.25) is 0 Å². The highest BCUT2D eigenvalue weighted by Gasteiger charge is 2.21. The van der Waals surface area contributed by atoms with E-state index in [1.807, 2.05) is 0 Å². The molecule has 0 saturated carbocycles. The second-order valence-electron chi connectivity index (χ2n) is 4.08. The third kappa shape index (κ3) is 2.58. The molecular formula is C13H18BrNO. The van der Waals surface area contributed by atoms with Crippen LogP contribution in [0.25, 0.3) is 0 Å². The summed E-state index contributed by atoms with van der Waals surface area (Å²) in [5.41, 5.74) is 1.30. The molecule has 16 heavy (non-hydrogen) atoms. The molecule has 1 saturated heterocycles. The number of nitrogens with zero attached hydrogens (tertiary/aromatic N) is 1. The molecule has 1 fully saturated rings. The fourth-order valence-corrected chi connectivity index (χ4v) is 2.82. The molecule has 3 heteroatoms. The Morgan fingerprint density at radius 3 is 2.62 bits per heavy atom. The van der Waals surface area contributed by atoms with Crippen molar-refractivity contribution in [3.8, 4) is 0 Å². The molecule has 2 rings (SSSR count). The molecule has 0 radical (unpaired) electrons. The number of hydrogen-bond acceptors (Lipinski definition) is 2. The molecule has 0 atom stereocenters. The SMILES string of the molecule is CCN(c1ccccc1Br)C1CCOCC1. The second-order valence-corrected chi connectivity index (χ2v) is 4.94. The number of rotatable bonds is 3. The van der Waals surface area contributed by atoms with Gasteiger partial charge in [0.1, 0.15) is 0 Å². The molecule has 0 amide bonds. The van der Waals surface area contributed by atoms with Crippen LogP contribution in [0.1, 0.15) is 19.8 Å². The van der Waals surface area contributed by atoms with Gasteiger partial charge in [-0.2, -0.15) is 0 Å². The molecule has 0 N–H and O–H groups in total. The molecule has 1 aromatic rings. The molecular weight excluding hydrogens is 266 g/mol. The van der Waals surface area contributed by atoms with Crippen molar-refractivity contribution < 1.29 is 4.74 Å². The Hall–Kier alpha value is -0.540. The van der Waals surface area contributed by atoms with Gasteiger partial charge in [-0.05, 0) is 47.8 Å². The summed E-state index contributed by atoms with van der Waals surface area (Å²) < 4.78 is 6.61. The molecule has 1 aromatic carbocycles. The fourth-order valence-electron chi connectivity index (χ4n) is 2.31. The van der Waals surface area contributed by atoms with Crippen LogP contribution in [0.4, 0.5) is 5.69 Å². The van der Waals surface area contributed by atoms with Gasteiger partial charge in [-0.15, -0.1) is 0 Å². The van der Waals surface area contributed by atoms with Crippen molar-refractivity contribution in [2.75, 3.05) is 24.7 Å². The zero-order chi connectivity index (χ0) is 11.4. The highest BCUT2D eigenvalue weighted by Crippen LogP contribution is 2.29. The standard InChI is InChI=1S/C13H18BrNO/c1-2-15(11-7-9-16-10-8-11)13-6-4-3-5-12(13)14/h3-6,11H,2,7-10H2,1H3. The van der Waals surface area contributed by atoms with Crippen LogP contribution in [-0.4, -0.2) is 25.8 Å². The van der Waals surface area contributed by atoms with Crippen LogP contribution in [0.15, 0.2) is 28.7 Å². The lowest BCUT2D eigenvalue weighted by Crippen LogP contribution is -2.39. The zero-order valence-electron chi connectivity index (χ0n) is 9.66. The van der Waals surface area contributed by atoms with Crippen LogP contribution >= 0.6 is 15.9 Å². The van der Waals surface area contributed by atoms with E-state index < -0.39 is 0 Å². The van der Waals surface area contributed by atoms with E-state index in [4.69, 9.17) is 4.74 Å². The van der Waals surface area contributed by atoms with Crippen LogP contribution in [0.2, 0.25) is 0 Å². The molecule has 0 unspecified atom stereocenters. The number of anilines is 1. The lowest BCUT2D eigenvalue weighted by molar-refractivity contribution is 0.0846. The van der Waals surface area contributed by atoms with Gasteiger partial charge in [0.2, 0.25) is 0 Å². The van der Waals surface area contributed by atoms with Gasteiger partial charge >= 0.3 is 0 Å². The van der Waals surface area contributed by atoms with E-state index in [2.05, 4.69) is 52.0 Å². The third-order valence-corrected chi connectivity index (χ3v) is 3.80. The van der Waals surface area contributed by atoms with Crippen LogP contribution in [0.5, 0.6) is 0 Å². The van der Waals surface area contributed by atoms with Crippen molar-refractivity contribution in [3.05, 3.63) is 28.7 Å². The predicted octanol–water partition coefficient (Wildman–Crippen LogP) is 3.45. The summed E-state index contributed by atoms with van der Waals surface area (Å²) in [7, 11) is 0. The van der Waals surface area contributed by atoms with Gasteiger partial charge < -0.3 is 9.64 Å². The summed E-state index contributed by atoms with van der Waals surface area (Å²) in [6.07, 6.45) is 2.27. The first kappa shape index (κ1) is 11.9. The van der Waals surface area contributed by atoms with E-state index in [9.17, 15) is 0 Å². The zero-order valence-corrected chi connectivity index (χ0v) is 11.2. The summed E-state index contributed by atoms with van der Waals surface area (Å²) in [5.74, 6) is 0. The van der Waals surface area contributed by atoms with E-state index in [-0.39, 0.29) is 0 Å². The lowest BCUT2D eigenvalue weighted by Gasteiger charge is -2.35. The molecule has 2 nitrogen and oxygen atoms in total. The first-order chi connectivity index (χ1) is 7.83. The molecule has 1 heterocycles. The molecule has 88 valence electrons. The monoisotopic (exact) mass is 283 g/mol. The summed E-state index contributed by atoms with van der Waals surface area (Å²) >= 11 is 3.63. The van der Waals surface area contributed by atoms with Crippen LogP contribution in [-0.2, 0) is 4.74 Å². The van der Waals surface area contributed by atoms with Crippen LogP contribution in [0, 0.1) is 0 Å². The summed E-state index contributed by atoms with van der Waals surface area (Å²) in [4.78, 5) is 2.48. The van der Waals surface area contributed by atoms with Crippen LogP contribution < -0.4 is 4.90 Å². The minimum atomic E-state index is 0.623. The van der Waals surface area contributed by atoms with E-state index in [1.165, 1.54) is 10.2 Å². The number of halogens is 1. The molecule has 0 aliphatic carbocycles. The smallest absolute Gasteiger partial charge is 0.0513 e. The molecule has 0 aromatic heterocycles. The number of para-hydroxylation sites is 1. The summed E-state index contributed by atoms with van der Waals surface area (Å²) in [5, 5.41) is 0. The van der Waals surface area contributed by atoms with Gasteiger partial charge in [0.25, 0.3) is 0 Å². The van der Waals surface area contributed by atoms with Crippen molar-refractivity contribution in [3.63, 3.8) is 0 Å². The van der Waals surface area contributed by atoms with E-state index in [0.717, 1.165) is 32.6 Å². The Bertz CT molecular complexity index is 336. The van der Waals surface area contributed by atoms with Gasteiger partial charge in [-0.1, -0.05) is 12.1 Å². The summed E-state index contributed by atoms with van der Waals surface area (Å²) in [6.45, 7) is 5.05. The van der Waals surface area contributed by atoms with E-state index >= 15 is 0 Å². The molecule has 0 bridgehead atoms. The van der Waals surface area contributed by atoms with Gasteiger partial charge in [0.15, 0.2) is 0 Å². The minimum absolute atomic E-state index is 0.623. The van der Waals surface area contributed by atoms with Gasteiger partial charge in [0.05, 0.1) is 5.69 Å². The van der Waals surface area contributed by atoms with Crippen molar-refractivity contribution in [1.29, 1.82) is 0 Å².